The first kappa shape index (κ1) is 21.0. The van der Waals surface area contributed by atoms with E-state index in [-0.39, 0.29) is 5.91 Å². The maximum Gasteiger partial charge on any atom is 0.411 e. The third-order valence-electron chi connectivity index (χ3n) is 5.42. The van der Waals surface area contributed by atoms with Gasteiger partial charge in [0.05, 0.1) is 14.2 Å². The van der Waals surface area contributed by atoms with Gasteiger partial charge in [0.25, 0.3) is 5.91 Å². The van der Waals surface area contributed by atoms with E-state index in [1.54, 1.807) is 24.0 Å². The minimum atomic E-state index is -1.00. The zero-order chi connectivity index (χ0) is 21.4. The van der Waals surface area contributed by atoms with Crippen LogP contribution in [0.15, 0.2) is 30.4 Å². The Kier molecular flexibility index (Phi) is 5.52. The Bertz CT molecular complexity index is 829. The first-order valence-electron chi connectivity index (χ1n) is 9.81. The summed E-state index contributed by atoms with van der Waals surface area (Å²) in [7, 11) is 3.16. The minimum absolute atomic E-state index is 0.0966. The van der Waals surface area contributed by atoms with Crippen molar-refractivity contribution < 1.29 is 23.8 Å². The molecule has 0 bridgehead atoms. The van der Waals surface area contributed by atoms with Crippen LogP contribution in [0.1, 0.15) is 39.2 Å². The monoisotopic (exact) mass is 402 g/mol. The number of rotatable bonds is 4. The molecule has 2 fully saturated rings. The van der Waals surface area contributed by atoms with E-state index in [1.807, 2.05) is 39.0 Å². The quantitative estimate of drug-likeness (QED) is 0.723. The minimum Gasteiger partial charge on any atom is -0.493 e. The number of benzene rings is 1. The summed E-state index contributed by atoms with van der Waals surface area (Å²) in [6.07, 6.45) is 0.859. The van der Waals surface area contributed by atoms with Gasteiger partial charge < -0.3 is 19.1 Å². The Morgan fingerprint density at radius 1 is 1.21 bits per heavy atom. The second-order valence-corrected chi connectivity index (χ2v) is 8.55. The normalized spacial score (nSPS) is 21.8. The number of hydrogen-bond donors (Lipinski definition) is 0. The number of amides is 2. The van der Waals surface area contributed by atoms with Crippen molar-refractivity contribution in [2.45, 2.75) is 51.3 Å². The molecule has 1 aromatic carbocycles. The SMILES string of the molecule is C=C1CN(Cc2ccc(OC)c(OC)c2)C(=O)C12CCCN2C(=O)OC(C)(C)C. The molecule has 158 valence electrons. The Labute approximate surface area is 172 Å². The smallest absolute Gasteiger partial charge is 0.411 e. The fraction of sp³-hybridized carbons (Fsp3) is 0.545. The maximum absolute atomic E-state index is 13.5. The average Bonchev–Trinajstić information content (AvgIpc) is 3.19. The van der Waals surface area contributed by atoms with Gasteiger partial charge in [-0.25, -0.2) is 4.79 Å². The number of hydrogen-bond acceptors (Lipinski definition) is 5. The molecule has 1 unspecified atom stereocenters. The molecular weight excluding hydrogens is 372 g/mol. The van der Waals surface area contributed by atoms with E-state index in [9.17, 15) is 9.59 Å². The van der Waals surface area contributed by atoms with Gasteiger partial charge in [-0.05, 0) is 56.9 Å². The number of carbonyl (C=O) groups is 2. The van der Waals surface area contributed by atoms with Crippen LogP contribution < -0.4 is 9.47 Å². The summed E-state index contributed by atoms with van der Waals surface area (Å²) in [6.45, 7) is 10.9. The lowest BCUT2D eigenvalue weighted by atomic mass is 9.90. The first-order chi connectivity index (χ1) is 13.6. The Hall–Kier alpha value is -2.70. The van der Waals surface area contributed by atoms with E-state index in [2.05, 4.69) is 6.58 Å². The number of likely N-dealkylation sites (tertiary alicyclic amines) is 2. The topological polar surface area (TPSA) is 68.3 Å². The fourth-order valence-electron chi connectivity index (χ4n) is 4.15. The van der Waals surface area contributed by atoms with Crippen LogP contribution in [0.25, 0.3) is 0 Å². The summed E-state index contributed by atoms with van der Waals surface area (Å²) >= 11 is 0. The van der Waals surface area contributed by atoms with Crippen LogP contribution in [0.4, 0.5) is 4.79 Å². The van der Waals surface area contributed by atoms with Gasteiger partial charge in [-0.2, -0.15) is 0 Å². The lowest BCUT2D eigenvalue weighted by molar-refractivity contribution is -0.136. The lowest BCUT2D eigenvalue weighted by Gasteiger charge is -2.35. The molecule has 1 aromatic rings. The Balaban J connectivity index is 1.83. The van der Waals surface area contributed by atoms with E-state index in [0.29, 0.717) is 37.6 Å². The van der Waals surface area contributed by atoms with Gasteiger partial charge in [-0.3, -0.25) is 9.69 Å². The van der Waals surface area contributed by atoms with Gasteiger partial charge in [0, 0.05) is 19.6 Å². The van der Waals surface area contributed by atoms with Gasteiger partial charge in [0.1, 0.15) is 11.1 Å². The molecule has 1 atom stereocenters. The molecule has 3 rings (SSSR count). The fourth-order valence-corrected chi connectivity index (χ4v) is 4.15. The molecule has 2 heterocycles. The van der Waals surface area contributed by atoms with Gasteiger partial charge in [0.15, 0.2) is 11.5 Å². The van der Waals surface area contributed by atoms with Crippen LogP contribution in [-0.4, -0.2) is 60.2 Å². The van der Waals surface area contributed by atoms with Crippen molar-refractivity contribution in [1.29, 1.82) is 0 Å². The van der Waals surface area contributed by atoms with E-state index in [4.69, 9.17) is 14.2 Å². The zero-order valence-electron chi connectivity index (χ0n) is 17.9. The molecular formula is C22H30N2O5. The van der Waals surface area contributed by atoms with E-state index in [1.165, 1.54) is 0 Å². The standard InChI is InChI=1S/C22H30N2O5/c1-15-13-23(14-16-8-9-17(27-5)18(12-16)28-6)19(25)22(15)10-7-11-24(22)20(26)29-21(2,3)4/h8-9,12H,1,7,10-11,13-14H2,2-6H3. The number of ether oxygens (including phenoxy) is 3. The predicted octanol–water partition coefficient (Wildman–Crippen LogP) is 3.37. The summed E-state index contributed by atoms with van der Waals surface area (Å²) in [5.74, 6) is 1.15. The maximum atomic E-state index is 13.5. The molecule has 0 N–H and O–H groups in total. The summed E-state index contributed by atoms with van der Waals surface area (Å²) in [6, 6.07) is 5.59. The molecule has 1 spiro atoms. The van der Waals surface area contributed by atoms with Crippen LogP contribution in [0.5, 0.6) is 11.5 Å². The van der Waals surface area contributed by atoms with Crippen molar-refractivity contribution in [2.75, 3.05) is 27.3 Å². The molecule has 7 heteroatoms. The highest BCUT2D eigenvalue weighted by Crippen LogP contribution is 2.43. The molecule has 2 aliphatic rings. The van der Waals surface area contributed by atoms with Gasteiger partial charge in [-0.1, -0.05) is 12.6 Å². The Morgan fingerprint density at radius 2 is 1.90 bits per heavy atom. The van der Waals surface area contributed by atoms with Crippen molar-refractivity contribution in [1.82, 2.24) is 9.80 Å². The van der Waals surface area contributed by atoms with E-state index in [0.717, 1.165) is 17.6 Å². The van der Waals surface area contributed by atoms with Crippen molar-refractivity contribution in [3.8, 4) is 11.5 Å². The van der Waals surface area contributed by atoms with Crippen molar-refractivity contribution in [3.63, 3.8) is 0 Å². The largest absolute Gasteiger partial charge is 0.493 e. The number of carbonyl (C=O) groups excluding carboxylic acids is 2. The molecule has 0 radical (unpaired) electrons. The van der Waals surface area contributed by atoms with Crippen molar-refractivity contribution in [2.24, 2.45) is 0 Å². The highest BCUT2D eigenvalue weighted by Gasteiger charge is 2.58. The predicted molar refractivity (Wildman–Crippen MR) is 109 cm³/mol. The molecule has 0 saturated carbocycles. The van der Waals surface area contributed by atoms with Crippen LogP contribution in [0, 0.1) is 0 Å². The molecule has 7 nitrogen and oxygen atoms in total. The van der Waals surface area contributed by atoms with Crippen molar-refractivity contribution >= 4 is 12.0 Å². The molecule has 2 aliphatic heterocycles. The van der Waals surface area contributed by atoms with Gasteiger partial charge in [0.2, 0.25) is 0 Å². The first-order valence-corrected chi connectivity index (χ1v) is 9.81. The molecule has 2 amide bonds. The lowest BCUT2D eigenvalue weighted by Crippen LogP contribution is -2.54. The average molecular weight is 402 g/mol. The van der Waals surface area contributed by atoms with Gasteiger partial charge >= 0.3 is 6.09 Å². The third kappa shape index (κ3) is 3.78. The van der Waals surface area contributed by atoms with Crippen molar-refractivity contribution in [3.05, 3.63) is 35.9 Å². The van der Waals surface area contributed by atoms with Crippen LogP contribution in [0.2, 0.25) is 0 Å². The molecule has 29 heavy (non-hydrogen) atoms. The summed E-state index contributed by atoms with van der Waals surface area (Å²) in [5, 5.41) is 0. The highest BCUT2D eigenvalue weighted by molar-refractivity contribution is 5.97. The highest BCUT2D eigenvalue weighted by atomic mass is 16.6. The van der Waals surface area contributed by atoms with Crippen LogP contribution >= 0.6 is 0 Å². The van der Waals surface area contributed by atoms with Gasteiger partial charge in [-0.15, -0.1) is 0 Å². The van der Waals surface area contributed by atoms with Crippen LogP contribution in [-0.2, 0) is 16.1 Å². The summed E-state index contributed by atoms with van der Waals surface area (Å²) in [5.41, 5.74) is 0.0382. The van der Waals surface area contributed by atoms with E-state index < -0.39 is 17.2 Å². The Morgan fingerprint density at radius 3 is 2.52 bits per heavy atom. The number of methoxy groups -OCH3 is 2. The summed E-state index contributed by atoms with van der Waals surface area (Å²) in [4.78, 5) is 29.6. The van der Waals surface area contributed by atoms with E-state index >= 15 is 0 Å². The molecule has 0 aliphatic carbocycles. The zero-order valence-corrected chi connectivity index (χ0v) is 17.9. The molecule has 0 aromatic heterocycles. The number of nitrogens with zero attached hydrogens (tertiary/aromatic N) is 2. The second-order valence-electron chi connectivity index (χ2n) is 8.55. The molecule has 2 saturated heterocycles. The van der Waals surface area contributed by atoms with Crippen LogP contribution in [0.3, 0.4) is 0 Å². The summed E-state index contributed by atoms with van der Waals surface area (Å²) < 4.78 is 16.2. The second kappa shape index (κ2) is 7.61. The third-order valence-corrected chi connectivity index (χ3v) is 5.42.